The van der Waals surface area contributed by atoms with Crippen molar-refractivity contribution in [3.63, 3.8) is 0 Å². The number of rotatable bonds is 10. The van der Waals surface area contributed by atoms with Gasteiger partial charge in [-0.3, -0.25) is 14.8 Å². The van der Waals surface area contributed by atoms with Crippen LogP contribution in [0.3, 0.4) is 0 Å². The molecule has 1 N–H and O–H groups in total. The number of allylic oxidation sites excluding steroid dienone is 2. The van der Waals surface area contributed by atoms with Crippen molar-refractivity contribution >= 4 is 104 Å². The van der Waals surface area contributed by atoms with E-state index in [1.165, 1.54) is 162 Å². The standard InChI is InChI=1S/C34H35N2.C21H23N2.C17H14N2O.C17H10NO.C12H7N2S.C5H8O2.2Ir/c1-3-11-23(12-4-1)26-17-10-18-27(24-13-5-2-6-14-24)33(26)31-22-35-21-25-15-9-19-29-28-16-7-8-20-30(28)36(31)34(35)32(25)29;1-15(2)18-11-8-12-19(16(3)4)20(18)23-14-13-22-21(23)17-9-6-5-7-10-17;1-18-8-9-19-15(18)10-11-6-7-13-12-4-2-3-5-14(12)20-17(13)16(11)19;1-2-10-16-12(6-1)13-7-5-8-14(17(13)19-16)15-9-3-4-11-18-15;1-2-4-9(5-3-1)11-10-6-7-15-12(10)14-8-13-11;1-4(6)3-5(2)7;;/h7-10,15-20,22-24H,1-6,11-14,21H2;5-9,11-16H,1-4H3;2-9,15H,10H2,1H3;1-7,9-11H;1-4,6-8H;3,6H,1-2H3;;/q+1;-1;;2*-1;;;. The molecule has 5 aliphatic rings. The number of hydrogen-bond acceptors (Lipinski definition) is 11. The summed E-state index contributed by atoms with van der Waals surface area (Å²) in [6.07, 6.45) is 30.4. The van der Waals surface area contributed by atoms with Crippen molar-refractivity contribution in [2.45, 2.75) is 149 Å². The Morgan fingerprint density at radius 1 is 0.557 bits per heavy atom. The fourth-order valence-corrected chi connectivity index (χ4v) is 19.5. The van der Waals surface area contributed by atoms with Crippen LogP contribution in [0, 0.1) is 18.2 Å². The molecular formula is C106H97Ir2N9O4S-2. The monoisotopic (exact) mass is 1980 g/mol. The van der Waals surface area contributed by atoms with Crippen LogP contribution in [0.2, 0.25) is 0 Å². The van der Waals surface area contributed by atoms with Crippen molar-refractivity contribution in [3.8, 4) is 50.8 Å². The first kappa shape index (κ1) is 83.9. The zero-order valence-electron chi connectivity index (χ0n) is 69.7. The van der Waals surface area contributed by atoms with E-state index in [2.05, 4.69) is 242 Å². The normalized spacial score (nSPS) is 14.7. The van der Waals surface area contributed by atoms with Gasteiger partial charge in [0.15, 0.2) is 17.1 Å². The van der Waals surface area contributed by atoms with E-state index in [0.29, 0.717) is 29.8 Å². The quantitative estimate of drug-likeness (QED) is 0.0464. The molecule has 3 aliphatic heterocycles. The van der Waals surface area contributed by atoms with Gasteiger partial charge < -0.3 is 33.3 Å². The predicted molar refractivity (Wildman–Crippen MR) is 490 cm³/mol. The van der Waals surface area contributed by atoms with Crippen LogP contribution in [0.15, 0.2) is 294 Å². The molecule has 0 spiro atoms. The van der Waals surface area contributed by atoms with Gasteiger partial charge in [0.2, 0.25) is 0 Å². The number of hydrogen-bond donors (Lipinski definition) is 1. The number of para-hydroxylation sites is 4. The molecule has 0 amide bonds. The first-order valence-corrected chi connectivity index (χ1v) is 43.2. The minimum absolute atomic E-state index is 0. The second-order valence-electron chi connectivity index (χ2n) is 32.7. The molecule has 0 bridgehead atoms. The molecule has 16 heteroatoms. The first-order chi connectivity index (χ1) is 58.8. The number of nitrogens with zero attached hydrogens (tertiary/aromatic N) is 9. The smallest absolute Gasteiger partial charge is 0.295 e. The number of furan rings is 2. The molecule has 1 unspecified atom stereocenters. The zero-order valence-corrected chi connectivity index (χ0v) is 75.3. The Bertz CT molecular complexity index is 6760. The molecule has 11 heterocycles. The van der Waals surface area contributed by atoms with E-state index < -0.39 is 0 Å². The molecule has 23 rings (SSSR count). The molecule has 1 atom stereocenters. The number of carbonyl (C=O) groups is 1. The van der Waals surface area contributed by atoms with Crippen molar-refractivity contribution < 1.29 is 63.5 Å². The number of aromatic nitrogens is 7. The third-order valence-electron chi connectivity index (χ3n) is 24.2. The van der Waals surface area contributed by atoms with Crippen LogP contribution >= 0.6 is 11.3 Å². The van der Waals surface area contributed by atoms with Gasteiger partial charge in [-0.1, -0.05) is 211 Å². The van der Waals surface area contributed by atoms with Crippen molar-refractivity contribution in [1.82, 2.24) is 33.8 Å². The van der Waals surface area contributed by atoms with Crippen molar-refractivity contribution in [1.29, 1.82) is 0 Å². The van der Waals surface area contributed by atoms with E-state index in [-0.39, 0.29) is 51.8 Å². The van der Waals surface area contributed by atoms with Crippen LogP contribution in [-0.2, 0) is 58.0 Å². The van der Waals surface area contributed by atoms with Gasteiger partial charge >= 0.3 is 0 Å². The van der Waals surface area contributed by atoms with Crippen LogP contribution in [0.1, 0.15) is 163 Å². The van der Waals surface area contributed by atoms with Gasteiger partial charge in [0.05, 0.1) is 28.2 Å². The van der Waals surface area contributed by atoms with Gasteiger partial charge in [-0.25, -0.2) is 9.55 Å². The number of pyridine rings is 2. The molecule has 8 aromatic heterocycles. The summed E-state index contributed by atoms with van der Waals surface area (Å²) in [5.41, 5.74) is 25.6. The Kier molecular flexibility index (Phi) is 25.7. The van der Waals surface area contributed by atoms with Gasteiger partial charge in [0.1, 0.15) is 46.7 Å². The van der Waals surface area contributed by atoms with E-state index in [1.807, 2.05) is 115 Å². The summed E-state index contributed by atoms with van der Waals surface area (Å²) < 4.78 is 19.5. The number of likely N-dealkylation sites (N-methyl/N-ethyl adjacent to an activating group) is 1. The summed E-state index contributed by atoms with van der Waals surface area (Å²) in [7, 11) is 2.13. The van der Waals surface area contributed by atoms with Gasteiger partial charge in [0, 0.05) is 134 Å². The Balaban J connectivity index is 0.000000114. The summed E-state index contributed by atoms with van der Waals surface area (Å²) in [6, 6.07) is 88.2. The predicted octanol–water partition coefficient (Wildman–Crippen LogP) is 26.6. The topological polar surface area (TPSA) is 135 Å². The van der Waals surface area contributed by atoms with E-state index in [9.17, 15) is 4.79 Å². The maximum absolute atomic E-state index is 10.0. The first-order valence-electron chi connectivity index (χ1n) is 42.3. The number of anilines is 1. The van der Waals surface area contributed by atoms with Gasteiger partial charge in [-0.2, -0.15) is 4.40 Å². The van der Waals surface area contributed by atoms with Gasteiger partial charge in [-0.05, 0) is 144 Å². The third-order valence-corrected chi connectivity index (χ3v) is 25.0. The van der Waals surface area contributed by atoms with Crippen LogP contribution in [-0.4, -0.2) is 57.9 Å². The maximum Gasteiger partial charge on any atom is 0.295 e. The number of thiophene rings is 1. The molecule has 2 fully saturated rings. The molecule has 616 valence electrons. The number of ketones is 1. The average Bonchev–Trinajstić information content (AvgIpc) is 1.54. The number of imidazole rings is 2. The molecule has 13 nitrogen and oxygen atoms in total. The van der Waals surface area contributed by atoms with E-state index in [1.54, 1.807) is 40.6 Å². The molecular weight excluding hydrogens is 1880 g/mol. The van der Waals surface area contributed by atoms with Gasteiger partial charge in [0.25, 0.3) is 5.65 Å². The second-order valence-corrected chi connectivity index (χ2v) is 33.6. The summed E-state index contributed by atoms with van der Waals surface area (Å²) >= 11 is 1.63. The fraction of sp³-hybridized carbons (Fsp3) is 0.226. The van der Waals surface area contributed by atoms with Crippen molar-refractivity contribution in [2.24, 2.45) is 0 Å². The number of fused-ring (bicyclic) bond motifs is 14. The number of aliphatic hydroxyl groups excluding tert-OH is 1. The molecule has 10 aromatic carbocycles. The molecule has 0 saturated heterocycles. The number of aliphatic hydroxyl groups is 1. The summed E-state index contributed by atoms with van der Waals surface area (Å²) in [5.74, 6) is 3.19. The van der Waals surface area contributed by atoms with Crippen LogP contribution in [0.25, 0.3) is 132 Å². The van der Waals surface area contributed by atoms with Crippen LogP contribution in [0.5, 0.6) is 0 Å². The third kappa shape index (κ3) is 16.7. The molecule has 122 heavy (non-hydrogen) atoms. The Morgan fingerprint density at radius 3 is 1.83 bits per heavy atom. The van der Waals surface area contributed by atoms with Crippen LogP contribution < -0.4 is 9.47 Å². The largest absolute Gasteiger partial charge is 0.512 e. The van der Waals surface area contributed by atoms with Crippen molar-refractivity contribution in [2.75, 3.05) is 11.9 Å². The SMILES string of the molecule is CC(=O)C=C(C)O.CC(C)c1cccc(C(C)C)c1-n1ccnc1-c1[c-]cccc1.CN1C=CN2c3c(ccc4c3oc3ccccc34)CC12.[Ir].[Ir].[c-]1ccc2c(oc3ccccc32)c1-c1ccccn1.[c-]1ccccc1-c1ncnc2sccc12.c1cc(C2CCCCC2)c(-c2c[n+]3c4c5c(cccc5c5ccccc5n24)C3)c(C2CCCCC2)c1. The number of benzene rings is 10. The molecule has 2 aliphatic carbocycles. The molecule has 2 radical (unpaired) electrons. The minimum Gasteiger partial charge on any atom is -0.512 e. The zero-order chi connectivity index (χ0) is 81.9. The van der Waals surface area contributed by atoms with Gasteiger partial charge in [-0.15, -0.1) is 101 Å². The fourth-order valence-electron chi connectivity index (χ4n) is 18.7. The number of carbonyl (C=O) groups excluding carboxylic acids is 1. The molecule has 18 aromatic rings. The summed E-state index contributed by atoms with van der Waals surface area (Å²) in [5, 5.41) is 20.4. The Hall–Kier alpha value is -11.7. The molecule has 2 saturated carbocycles. The van der Waals surface area contributed by atoms with E-state index in [0.717, 1.165) is 90.2 Å². The maximum atomic E-state index is 10.0. The Morgan fingerprint density at radius 2 is 1.18 bits per heavy atom. The van der Waals surface area contributed by atoms with Crippen molar-refractivity contribution in [3.05, 3.63) is 337 Å². The average molecular weight is 1980 g/mol. The van der Waals surface area contributed by atoms with Crippen LogP contribution in [0.4, 0.5) is 5.69 Å². The second kappa shape index (κ2) is 37.3. The summed E-state index contributed by atoms with van der Waals surface area (Å²) in [4.78, 5) is 33.1. The summed E-state index contributed by atoms with van der Waals surface area (Å²) in [6.45, 7) is 12.8. The van der Waals surface area contributed by atoms with E-state index >= 15 is 0 Å². The Labute approximate surface area is 743 Å². The minimum atomic E-state index is -0.125. The van der Waals surface area contributed by atoms with E-state index in [4.69, 9.17) is 13.9 Å².